The highest BCUT2D eigenvalue weighted by Gasteiger charge is 2.29. The molecule has 0 unspecified atom stereocenters. The van der Waals surface area contributed by atoms with Crippen LogP contribution in [0.1, 0.15) is 32.1 Å². The molecule has 1 amide bonds. The van der Waals surface area contributed by atoms with Crippen LogP contribution in [0.4, 0.5) is 16.4 Å². The number of nitrogens with zero attached hydrogens (tertiary/aromatic N) is 5. The molecule has 1 aliphatic heterocycles. The van der Waals surface area contributed by atoms with Gasteiger partial charge in [-0.3, -0.25) is 4.90 Å². The number of pyridine rings is 2. The first-order valence-electron chi connectivity index (χ1n) is 9.91. The minimum absolute atomic E-state index is 0.00105. The Morgan fingerprint density at radius 2 is 2.07 bits per heavy atom. The summed E-state index contributed by atoms with van der Waals surface area (Å²) in [6.07, 6.45) is 8.51. The maximum absolute atomic E-state index is 12.8. The van der Waals surface area contributed by atoms with Crippen molar-refractivity contribution in [2.24, 2.45) is 0 Å². The highest BCUT2D eigenvalue weighted by Crippen LogP contribution is 2.34. The van der Waals surface area contributed by atoms with Crippen LogP contribution < -0.4 is 15.4 Å². The fourth-order valence-electron chi connectivity index (χ4n) is 3.91. The zero-order valence-corrected chi connectivity index (χ0v) is 16.0. The van der Waals surface area contributed by atoms with E-state index in [1.165, 1.54) is 6.42 Å². The topological polar surface area (TPSA) is 108 Å². The number of rotatable bonds is 2. The van der Waals surface area contributed by atoms with Gasteiger partial charge in [-0.05, 0) is 43.9 Å². The fourth-order valence-corrected chi connectivity index (χ4v) is 3.91. The second kappa shape index (κ2) is 7.23. The van der Waals surface area contributed by atoms with E-state index in [1.807, 2.05) is 24.4 Å². The van der Waals surface area contributed by atoms with Crippen molar-refractivity contribution in [2.75, 3.05) is 23.8 Å². The minimum Gasteiger partial charge on any atom is -0.474 e. The zero-order chi connectivity index (χ0) is 19.8. The highest BCUT2D eigenvalue weighted by molar-refractivity contribution is 5.91. The predicted octanol–water partition coefficient (Wildman–Crippen LogP) is 3.04. The van der Waals surface area contributed by atoms with Gasteiger partial charge in [-0.15, -0.1) is 5.10 Å². The van der Waals surface area contributed by atoms with Gasteiger partial charge in [-0.2, -0.15) is 4.98 Å². The van der Waals surface area contributed by atoms with Crippen LogP contribution >= 0.6 is 0 Å². The smallest absolute Gasteiger partial charge is 0.414 e. The zero-order valence-electron chi connectivity index (χ0n) is 16.0. The number of hydrogen-bond acceptors (Lipinski definition) is 7. The minimum atomic E-state index is -0.333. The Labute approximate surface area is 167 Å². The summed E-state index contributed by atoms with van der Waals surface area (Å²) in [6, 6.07) is 5.65. The lowest BCUT2D eigenvalue weighted by Crippen LogP contribution is -2.40. The van der Waals surface area contributed by atoms with Crippen molar-refractivity contribution in [1.29, 1.82) is 0 Å². The van der Waals surface area contributed by atoms with E-state index in [2.05, 4.69) is 15.1 Å². The molecule has 0 radical (unpaired) electrons. The number of aromatic nitrogens is 4. The summed E-state index contributed by atoms with van der Waals surface area (Å²) in [5, 5.41) is 4.15. The molecule has 0 saturated heterocycles. The molecule has 0 aromatic carbocycles. The number of hydrogen-bond donors (Lipinski definition) is 1. The lowest BCUT2D eigenvalue weighted by atomic mass is 9.98. The summed E-state index contributed by atoms with van der Waals surface area (Å²) in [6.45, 7) is 0.825. The first-order valence-corrected chi connectivity index (χ1v) is 9.91. The van der Waals surface area contributed by atoms with E-state index in [0.717, 1.165) is 36.8 Å². The maximum Gasteiger partial charge on any atom is 0.414 e. The van der Waals surface area contributed by atoms with E-state index in [9.17, 15) is 4.79 Å². The normalized spacial score (nSPS) is 17.0. The van der Waals surface area contributed by atoms with Crippen LogP contribution in [0.3, 0.4) is 0 Å². The number of ether oxygens (including phenoxy) is 2. The van der Waals surface area contributed by atoms with Gasteiger partial charge in [-0.25, -0.2) is 14.3 Å². The van der Waals surface area contributed by atoms with Crippen molar-refractivity contribution < 1.29 is 14.3 Å². The summed E-state index contributed by atoms with van der Waals surface area (Å²) < 4.78 is 13.0. The Kier molecular flexibility index (Phi) is 4.42. The van der Waals surface area contributed by atoms with E-state index in [4.69, 9.17) is 15.2 Å². The first kappa shape index (κ1) is 17.7. The Hall–Kier alpha value is -3.36. The van der Waals surface area contributed by atoms with Crippen LogP contribution in [0, 0.1) is 0 Å². The molecule has 3 aromatic heterocycles. The van der Waals surface area contributed by atoms with Crippen molar-refractivity contribution in [2.45, 2.75) is 38.2 Å². The molecule has 9 nitrogen and oxygen atoms in total. The lowest BCUT2D eigenvalue weighted by Gasteiger charge is -2.31. The van der Waals surface area contributed by atoms with Gasteiger partial charge in [0.15, 0.2) is 5.65 Å². The molecule has 1 saturated carbocycles. The van der Waals surface area contributed by atoms with Crippen LogP contribution in [-0.4, -0.2) is 44.9 Å². The molecular formula is C20H22N6O3. The number of carbonyl (C=O) groups is 1. The van der Waals surface area contributed by atoms with Gasteiger partial charge in [0, 0.05) is 23.5 Å². The summed E-state index contributed by atoms with van der Waals surface area (Å²) in [5.74, 6) is 0.655. The van der Waals surface area contributed by atoms with Gasteiger partial charge >= 0.3 is 6.09 Å². The Morgan fingerprint density at radius 1 is 1.21 bits per heavy atom. The first-order chi connectivity index (χ1) is 14.2. The summed E-state index contributed by atoms with van der Waals surface area (Å²) in [5.41, 5.74) is 8.66. The molecule has 0 spiro atoms. The van der Waals surface area contributed by atoms with E-state index in [0.29, 0.717) is 30.4 Å². The van der Waals surface area contributed by atoms with Crippen molar-refractivity contribution in [3.63, 3.8) is 0 Å². The van der Waals surface area contributed by atoms with Gasteiger partial charge in [0.1, 0.15) is 18.4 Å². The highest BCUT2D eigenvalue weighted by atomic mass is 16.6. The number of amides is 1. The Bertz CT molecular complexity index is 1060. The van der Waals surface area contributed by atoms with Crippen LogP contribution in [0.25, 0.3) is 16.8 Å². The van der Waals surface area contributed by atoms with Gasteiger partial charge in [0.25, 0.3) is 0 Å². The molecule has 2 N–H and O–H groups in total. The largest absolute Gasteiger partial charge is 0.474 e. The van der Waals surface area contributed by atoms with Crippen LogP contribution in [0.2, 0.25) is 0 Å². The second-order valence-electron chi connectivity index (χ2n) is 7.38. The summed E-state index contributed by atoms with van der Waals surface area (Å²) in [7, 11) is 0. The number of anilines is 2. The third-order valence-electron chi connectivity index (χ3n) is 5.40. The number of nitrogen functional groups attached to an aromatic ring is 1. The van der Waals surface area contributed by atoms with Crippen LogP contribution in [0.15, 0.2) is 30.6 Å². The average molecular weight is 394 g/mol. The molecule has 1 aliphatic carbocycles. The maximum atomic E-state index is 12.8. The van der Waals surface area contributed by atoms with Crippen molar-refractivity contribution in [1.82, 2.24) is 19.6 Å². The molecule has 1 fully saturated rings. The third kappa shape index (κ3) is 3.43. The molecule has 3 aromatic rings. The summed E-state index contributed by atoms with van der Waals surface area (Å²) >= 11 is 0. The van der Waals surface area contributed by atoms with Gasteiger partial charge in [-0.1, -0.05) is 6.42 Å². The standard InChI is InChI=1S/C20H22N6O3/c21-19-23-17-7-6-13(12-26(17)24-19)14-10-16-18(22-11-14)28-9-8-25(16)20(27)29-15-4-2-1-3-5-15/h6-7,10-12,15H,1-5,8-9H2,(H2,21,24). The molecule has 2 aliphatic rings. The molecule has 0 bridgehead atoms. The lowest BCUT2D eigenvalue weighted by molar-refractivity contribution is 0.0792. The Balaban J connectivity index is 1.44. The van der Waals surface area contributed by atoms with E-state index < -0.39 is 0 Å². The van der Waals surface area contributed by atoms with E-state index in [1.54, 1.807) is 15.6 Å². The molecule has 150 valence electrons. The summed E-state index contributed by atoms with van der Waals surface area (Å²) in [4.78, 5) is 23.0. The number of nitrogens with two attached hydrogens (primary N) is 1. The number of fused-ring (bicyclic) bond motifs is 2. The average Bonchev–Trinajstić information content (AvgIpc) is 3.12. The second-order valence-corrected chi connectivity index (χ2v) is 7.38. The molecule has 0 atom stereocenters. The van der Waals surface area contributed by atoms with Gasteiger partial charge < -0.3 is 15.2 Å². The molecular weight excluding hydrogens is 372 g/mol. The molecule has 4 heterocycles. The monoisotopic (exact) mass is 394 g/mol. The van der Waals surface area contributed by atoms with Crippen LogP contribution in [0.5, 0.6) is 5.88 Å². The van der Waals surface area contributed by atoms with Crippen LogP contribution in [-0.2, 0) is 4.74 Å². The van der Waals surface area contributed by atoms with Crippen molar-refractivity contribution >= 4 is 23.4 Å². The predicted molar refractivity (Wildman–Crippen MR) is 107 cm³/mol. The third-order valence-corrected chi connectivity index (χ3v) is 5.40. The molecule has 5 rings (SSSR count). The SMILES string of the molecule is Nc1nc2ccc(-c3cnc4c(c3)N(C(=O)OC3CCCCC3)CCO4)cn2n1. The Morgan fingerprint density at radius 3 is 2.93 bits per heavy atom. The number of carbonyl (C=O) groups excluding carboxylic acids is 1. The molecule has 9 heteroatoms. The quantitative estimate of drug-likeness (QED) is 0.712. The van der Waals surface area contributed by atoms with Gasteiger partial charge in [0.05, 0.1) is 6.54 Å². The van der Waals surface area contributed by atoms with E-state index in [-0.39, 0.29) is 18.1 Å². The molecule has 29 heavy (non-hydrogen) atoms. The fraction of sp³-hybridized carbons (Fsp3) is 0.400. The van der Waals surface area contributed by atoms with Gasteiger partial charge in [0.2, 0.25) is 11.8 Å². The van der Waals surface area contributed by atoms with E-state index >= 15 is 0 Å². The van der Waals surface area contributed by atoms with Crippen molar-refractivity contribution in [3.05, 3.63) is 30.6 Å². The van der Waals surface area contributed by atoms with Crippen molar-refractivity contribution in [3.8, 4) is 17.0 Å².